The van der Waals surface area contributed by atoms with E-state index in [0.717, 1.165) is 5.56 Å². The third-order valence-electron chi connectivity index (χ3n) is 4.61. The fraction of sp³-hybridized carbons (Fsp3) is 0.150. The molecule has 28 heavy (non-hydrogen) atoms. The highest BCUT2D eigenvalue weighted by Crippen LogP contribution is 2.40. The molecule has 1 amide bonds. The molecule has 3 aromatic rings. The topological polar surface area (TPSA) is 59.1 Å². The Balaban J connectivity index is 1.71. The largest absolute Gasteiger partial charge is 0.339 e. The number of thioether (sulfide) groups is 1. The number of benzene rings is 1. The summed E-state index contributed by atoms with van der Waals surface area (Å²) in [7, 11) is 5.87. The summed E-state index contributed by atoms with van der Waals surface area (Å²) in [5.74, 6) is -0.541. The fourth-order valence-corrected chi connectivity index (χ4v) is 5.25. The van der Waals surface area contributed by atoms with E-state index < -0.39 is 10.8 Å². The number of hydrogen-bond acceptors (Lipinski definition) is 5. The molecule has 1 aromatic carbocycles. The number of ketones is 1. The van der Waals surface area contributed by atoms with Gasteiger partial charge in [0.25, 0.3) is 0 Å². The van der Waals surface area contributed by atoms with Crippen LogP contribution in [0.2, 0.25) is 5.02 Å². The summed E-state index contributed by atoms with van der Waals surface area (Å²) in [6.45, 7) is 0. The first-order valence-corrected chi connectivity index (χ1v) is 10.7. The van der Waals surface area contributed by atoms with Gasteiger partial charge in [0.2, 0.25) is 5.91 Å². The lowest BCUT2D eigenvalue weighted by molar-refractivity contribution is -0.133. The minimum atomic E-state index is -1.03. The molecule has 1 N–H and O–H groups in total. The first-order valence-electron chi connectivity index (χ1n) is 8.51. The SMILES string of the molecule is [B]c1cccc(C2(c3ccsc3)CC(=O)C(Sc3ccccc3Cl)C(=O)N2)n1. The lowest BCUT2D eigenvalue weighted by atomic mass is 9.79. The molecule has 2 unspecified atom stereocenters. The average molecular weight is 425 g/mol. The number of nitrogens with one attached hydrogen (secondary N) is 1. The highest BCUT2D eigenvalue weighted by Gasteiger charge is 2.48. The molecule has 8 heteroatoms. The van der Waals surface area contributed by atoms with Crippen LogP contribution in [0.15, 0.2) is 64.2 Å². The minimum Gasteiger partial charge on any atom is -0.339 e. The fourth-order valence-electron chi connectivity index (χ4n) is 3.28. The zero-order chi connectivity index (χ0) is 19.7. The maximum atomic E-state index is 13.1. The van der Waals surface area contributed by atoms with E-state index in [9.17, 15) is 9.59 Å². The molecular formula is C20H14BClN2O2S2. The Bertz CT molecular complexity index is 1020. The summed E-state index contributed by atoms with van der Waals surface area (Å²) in [5.41, 5.74) is 0.676. The van der Waals surface area contributed by atoms with Crippen LogP contribution >= 0.6 is 34.7 Å². The van der Waals surface area contributed by atoms with Crippen molar-refractivity contribution >= 4 is 59.8 Å². The van der Waals surface area contributed by atoms with Crippen LogP contribution in [0.25, 0.3) is 0 Å². The monoisotopic (exact) mass is 424 g/mol. The van der Waals surface area contributed by atoms with Crippen molar-refractivity contribution in [1.82, 2.24) is 10.3 Å². The molecule has 2 atom stereocenters. The van der Waals surface area contributed by atoms with Gasteiger partial charge in [0.15, 0.2) is 5.78 Å². The van der Waals surface area contributed by atoms with E-state index in [1.807, 2.05) is 29.0 Å². The standard InChI is InChI=1S/C20H14BClN2O2S2/c21-17-7-3-6-16(23-17)20(12-8-9-27-11-12)10-14(25)18(19(26)24-20)28-15-5-2-1-4-13(15)22/h1-9,11,18H,10H2,(H,24,26). The normalized spacial score (nSPS) is 22.1. The van der Waals surface area contributed by atoms with E-state index in [0.29, 0.717) is 21.2 Å². The number of thiophene rings is 1. The molecule has 1 aliphatic heterocycles. The Kier molecular flexibility index (Phi) is 5.32. The first-order chi connectivity index (χ1) is 13.5. The summed E-state index contributed by atoms with van der Waals surface area (Å²) in [6, 6.07) is 14.3. The number of aromatic nitrogens is 1. The van der Waals surface area contributed by atoms with Crippen molar-refractivity contribution < 1.29 is 9.59 Å². The molecule has 0 saturated carbocycles. The molecule has 1 fully saturated rings. The quantitative estimate of drug-likeness (QED) is 0.516. The van der Waals surface area contributed by atoms with Gasteiger partial charge in [0.1, 0.15) is 18.6 Å². The lowest BCUT2D eigenvalue weighted by Crippen LogP contribution is -2.58. The van der Waals surface area contributed by atoms with Gasteiger partial charge >= 0.3 is 0 Å². The molecule has 138 valence electrons. The molecule has 2 aromatic heterocycles. The first kappa shape index (κ1) is 19.2. The van der Waals surface area contributed by atoms with Crippen molar-refractivity contribution in [3.63, 3.8) is 0 Å². The Hall–Kier alpha value is -2.09. The summed E-state index contributed by atoms with van der Waals surface area (Å²) in [6.07, 6.45) is 0.0913. The van der Waals surface area contributed by atoms with Crippen LogP contribution in [0.3, 0.4) is 0 Å². The predicted octanol–water partition coefficient (Wildman–Crippen LogP) is 3.08. The van der Waals surface area contributed by atoms with Crippen LogP contribution in [0.4, 0.5) is 0 Å². The van der Waals surface area contributed by atoms with Gasteiger partial charge in [-0.3, -0.25) is 14.6 Å². The van der Waals surface area contributed by atoms with Gasteiger partial charge in [-0.25, -0.2) is 0 Å². The van der Waals surface area contributed by atoms with Gasteiger partial charge < -0.3 is 5.32 Å². The molecule has 1 saturated heterocycles. The van der Waals surface area contributed by atoms with E-state index in [1.54, 1.807) is 30.3 Å². The lowest BCUT2D eigenvalue weighted by Gasteiger charge is -2.39. The zero-order valence-electron chi connectivity index (χ0n) is 14.6. The van der Waals surface area contributed by atoms with Crippen LogP contribution in [0.1, 0.15) is 17.7 Å². The Morgan fingerprint density at radius 3 is 2.68 bits per heavy atom. The van der Waals surface area contributed by atoms with E-state index >= 15 is 0 Å². The number of rotatable bonds is 4. The van der Waals surface area contributed by atoms with Crippen LogP contribution in [0, 0.1) is 0 Å². The predicted molar refractivity (Wildman–Crippen MR) is 114 cm³/mol. The number of carbonyl (C=O) groups is 2. The summed E-state index contributed by atoms with van der Waals surface area (Å²) in [4.78, 5) is 31.2. The number of piperidine rings is 1. The molecule has 0 spiro atoms. The molecular weight excluding hydrogens is 411 g/mol. The Morgan fingerprint density at radius 2 is 2.00 bits per heavy atom. The molecule has 0 bridgehead atoms. The van der Waals surface area contributed by atoms with E-state index in [2.05, 4.69) is 10.3 Å². The van der Waals surface area contributed by atoms with Crippen molar-refractivity contribution in [3.8, 4) is 0 Å². The molecule has 4 rings (SSSR count). The van der Waals surface area contributed by atoms with Gasteiger partial charge in [-0.05, 0) is 46.2 Å². The third-order valence-corrected chi connectivity index (χ3v) is 7.06. The molecule has 4 nitrogen and oxygen atoms in total. The third kappa shape index (κ3) is 3.50. The number of Topliss-reactive ketones (excluding diaryl/α,β-unsaturated/α-hetero) is 1. The number of amides is 1. The van der Waals surface area contributed by atoms with Crippen molar-refractivity contribution in [2.24, 2.45) is 0 Å². The van der Waals surface area contributed by atoms with Crippen molar-refractivity contribution in [3.05, 3.63) is 75.6 Å². The second kappa shape index (κ2) is 7.74. The van der Waals surface area contributed by atoms with Gasteiger partial charge in [0, 0.05) is 11.3 Å². The second-order valence-electron chi connectivity index (χ2n) is 6.43. The average Bonchev–Trinajstić information content (AvgIpc) is 3.21. The van der Waals surface area contributed by atoms with E-state index in [4.69, 9.17) is 19.4 Å². The van der Waals surface area contributed by atoms with Gasteiger partial charge in [-0.1, -0.05) is 35.9 Å². The smallest absolute Gasteiger partial charge is 0.242 e. The number of pyridine rings is 1. The second-order valence-corrected chi connectivity index (χ2v) is 8.76. The Morgan fingerprint density at radius 1 is 1.18 bits per heavy atom. The van der Waals surface area contributed by atoms with Crippen LogP contribution < -0.4 is 10.9 Å². The maximum absolute atomic E-state index is 13.1. The molecule has 2 radical (unpaired) electrons. The Labute approximate surface area is 177 Å². The maximum Gasteiger partial charge on any atom is 0.242 e. The minimum absolute atomic E-state index is 0.0913. The van der Waals surface area contributed by atoms with Crippen molar-refractivity contribution in [2.75, 3.05) is 0 Å². The number of halogens is 1. The summed E-state index contributed by atoms with van der Waals surface area (Å²) < 4.78 is 0. The number of carbonyl (C=O) groups excluding carboxylic acids is 2. The van der Waals surface area contributed by atoms with Crippen LogP contribution in [-0.2, 0) is 15.1 Å². The van der Waals surface area contributed by atoms with Crippen molar-refractivity contribution in [2.45, 2.75) is 22.1 Å². The van der Waals surface area contributed by atoms with Crippen LogP contribution in [-0.4, -0.2) is 29.8 Å². The summed E-state index contributed by atoms with van der Waals surface area (Å²) >= 11 is 8.86. The number of hydrogen-bond donors (Lipinski definition) is 1. The number of nitrogens with zero attached hydrogens (tertiary/aromatic N) is 1. The van der Waals surface area contributed by atoms with Crippen molar-refractivity contribution in [1.29, 1.82) is 0 Å². The summed E-state index contributed by atoms with van der Waals surface area (Å²) in [5, 5.41) is 6.53. The molecule has 0 aliphatic carbocycles. The zero-order valence-corrected chi connectivity index (χ0v) is 17.0. The molecule has 3 heterocycles. The van der Waals surface area contributed by atoms with E-state index in [1.165, 1.54) is 23.1 Å². The highest BCUT2D eigenvalue weighted by atomic mass is 35.5. The van der Waals surface area contributed by atoms with Gasteiger partial charge in [-0.15, -0.1) is 11.8 Å². The highest BCUT2D eigenvalue weighted by molar-refractivity contribution is 8.01. The van der Waals surface area contributed by atoms with Gasteiger partial charge in [-0.2, -0.15) is 11.3 Å². The van der Waals surface area contributed by atoms with E-state index in [-0.39, 0.29) is 18.1 Å². The van der Waals surface area contributed by atoms with Crippen LogP contribution in [0.5, 0.6) is 0 Å². The van der Waals surface area contributed by atoms with Gasteiger partial charge in [0.05, 0.1) is 10.7 Å². The molecule has 1 aliphatic rings.